The summed E-state index contributed by atoms with van der Waals surface area (Å²) in [6, 6.07) is 22.2. The van der Waals surface area contributed by atoms with E-state index in [1.807, 2.05) is 55.5 Å². The second-order valence-corrected chi connectivity index (χ2v) is 8.23. The molecule has 1 saturated heterocycles. The molecule has 168 valence electrons. The molecule has 6 heteroatoms. The number of benzene rings is 3. The van der Waals surface area contributed by atoms with E-state index in [4.69, 9.17) is 0 Å². The Bertz CT molecular complexity index is 1190. The van der Waals surface area contributed by atoms with Crippen molar-refractivity contribution in [1.82, 2.24) is 0 Å². The van der Waals surface area contributed by atoms with Gasteiger partial charge in [0.2, 0.25) is 11.8 Å². The Balaban J connectivity index is 1.46. The Morgan fingerprint density at radius 3 is 2.27 bits per heavy atom. The molecule has 1 aliphatic heterocycles. The van der Waals surface area contributed by atoms with E-state index < -0.39 is 5.92 Å². The van der Waals surface area contributed by atoms with Crippen molar-refractivity contribution >= 4 is 34.8 Å². The summed E-state index contributed by atoms with van der Waals surface area (Å²) in [5, 5.41) is 5.77. The summed E-state index contributed by atoms with van der Waals surface area (Å²) in [7, 11) is 0. The van der Waals surface area contributed by atoms with Crippen molar-refractivity contribution in [3.8, 4) is 0 Å². The topological polar surface area (TPSA) is 78.5 Å². The molecule has 0 aliphatic carbocycles. The molecular formula is C27H27N3O3. The van der Waals surface area contributed by atoms with Crippen molar-refractivity contribution in [3.05, 3.63) is 89.5 Å². The van der Waals surface area contributed by atoms with Gasteiger partial charge in [0.1, 0.15) is 0 Å². The lowest BCUT2D eigenvalue weighted by Gasteiger charge is -2.17. The number of anilines is 3. The van der Waals surface area contributed by atoms with E-state index in [2.05, 4.69) is 17.6 Å². The predicted molar refractivity (Wildman–Crippen MR) is 130 cm³/mol. The molecule has 2 N–H and O–H groups in total. The summed E-state index contributed by atoms with van der Waals surface area (Å²) in [6.45, 7) is 4.31. The molecule has 1 atom stereocenters. The highest BCUT2D eigenvalue weighted by atomic mass is 16.2. The van der Waals surface area contributed by atoms with Gasteiger partial charge >= 0.3 is 0 Å². The summed E-state index contributed by atoms with van der Waals surface area (Å²) in [4.78, 5) is 40.2. The van der Waals surface area contributed by atoms with Gasteiger partial charge in [0.15, 0.2) is 0 Å². The largest absolute Gasteiger partial charge is 0.325 e. The average molecular weight is 442 g/mol. The molecule has 1 fully saturated rings. The third kappa shape index (κ3) is 4.95. The van der Waals surface area contributed by atoms with Gasteiger partial charge < -0.3 is 15.5 Å². The van der Waals surface area contributed by atoms with Gasteiger partial charge in [0.05, 0.1) is 17.2 Å². The van der Waals surface area contributed by atoms with Crippen LogP contribution < -0.4 is 15.5 Å². The number of hydrogen-bond acceptors (Lipinski definition) is 3. The van der Waals surface area contributed by atoms with Crippen LogP contribution in [0.5, 0.6) is 0 Å². The highest BCUT2D eigenvalue weighted by Crippen LogP contribution is 2.27. The molecule has 3 aromatic rings. The lowest BCUT2D eigenvalue weighted by atomic mass is 10.1. The quantitative estimate of drug-likeness (QED) is 0.577. The third-order valence-electron chi connectivity index (χ3n) is 5.97. The number of amides is 3. The number of nitrogens with zero attached hydrogens (tertiary/aromatic N) is 1. The fourth-order valence-electron chi connectivity index (χ4n) is 3.97. The van der Waals surface area contributed by atoms with E-state index in [0.29, 0.717) is 17.8 Å². The number of hydrogen-bond donors (Lipinski definition) is 2. The molecule has 3 aromatic carbocycles. The van der Waals surface area contributed by atoms with Gasteiger partial charge in [-0.3, -0.25) is 14.4 Å². The Kier molecular flexibility index (Phi) is 6.54. The van der Waals surface area contributed by atoms with Crippen molar-refractivity contribution in [2.45, 2.75) is 26.7 Å². The highest BCUT2D eigenvalue weighted by Gasteiger charge is 2.35. The Morgan fingerprint density at radius 2 is 1.58 bits per heavy atom. The Labute approximate surface area is 193 Å². The maximum Gasteiger partial charge on any atom is 0.257 e. The lowest BCUT2D eigenvalue weighted by Crippen LogP contribution is -2.28. The van der Waals surface area contributed by atoms with Gasteiger partial charge in [0, 0.05) is 24.3 Å². The normalized spacial score (nSPS) is 15.4. The first-order valence-electron chi connectivity index (χ1n) is 11.1. The van der Waals surface area contributed by atoms with E-state index in [9.17, 15) is 14.4 Å². The first-order chi connectivity index (χ1) is 16.0. The molecule has 4 rings (SSSR count). The second kappa shape index (κ2) is 9.69. The van der Waals surface area contributed by atoms with Crippen LogP contribution in [0.25, 0.3) is 0 Å². The minimum Gasteiger partial charge on any atom is -0.325 e. The zero-order chi connectivity index (χ0) is 23.4. The molecule has 0 saturated carbocycles. The van der Waals surface area contributed by atoms with E-state index in [1.54, 1.807) is 29.2 Å². The van der Waals surface area contributed by atoms with Crippen LogP contribution in [0.15, 0.2) is 72.8 Å². The van der Waals surface area contributed by atoms with Gasteiger partial charge in [-0.1, -0.05) is 49.4 Å². The van der Waals surface area contributed by atoms with Crippen LogP contribution in [0.3, 0.4) is 0 Å². The van der Waals surface area contributed by atoms with Crippen molar-refractivity contribution in [2.24, 2.45) is 5.92 Å². The molecule has 1 aliphatic rings. The van der Waals surface area contributed by atoms with Crippen molar-refractivity contribution < 1.29 is 14.4 Å². The zero-order valence-electron chi connectivity index (χ0n) is 18.8. The zero-order valence-corrected chi connectivity index (χ0v) is 18.8. The summed E-state index contributed by atoms with van der Waals surface area (Å²) in [6.07, 6.45) is 1.06. The third-order valence-corrected chi connectivity index (χ3v) is 5.97. The van der Waals surface area contributed by atoms with E-state index in [1.165, 1.54) is 5.56 Å². The highest BCUT2D eigenvalue weighted by molar-refractivity contribution is 6.11. The van der Waals surface area contributed by atoms with E-state index in [-0.39, 0.29) is 24.1 Å². The lowest BCUT2D eigenvalue weighted by molar-refractivity contribution is -0.122. The van der Waals surface area contributed by atoms with Crippen LogP contribution in [-0.2, 0) is 16.0 Å². The molecule has 3 amide bonds. The van der Waals surface area contributed by atoms with Crippen LogP contribution in [0.4, 0.5) is 17.1 Å². The van der Waals surface area contributed by atoms with Gasteiger partial charge in [-0.05, 0) is 54.8 Å². The number of aryl methyl sites for hydroxylation is 2. The van der Waals surface area contributed by atoms with Crippen LogP contribution in [0, 0.1) is 12.8 Å². The number of rotatable bonds is 6. The first-order valence-corrected chi connectivity index (χ1v) is 11.1. The van der Waals surface area contributed by atoms with Crippen molar-refractivity contribution in [3.63, 3.8) is 0 Å². The second-order valence-electron chi connectivity index (χ2n) is 8.23. The molecule has 0 radical (unpaired) electrons. The minimum absolute atomic E-state index is 0.0787. The van der Waals surface area contributed by atoms with E-state index in [0.717, 1.165) is 23.4 Å². The number of para-hydroxylation sites is 2. The first kappa shape index (κ1) is 22.3. The maximum atomic E-state index is 13.0. The molecule has 1 unspecified atom stereocenters. The molecular weight excluding hydrogens is 414 g/mol. The molecule has 0 bridgehead atoms. The Morgan fingerprint density at radius 1 is 0.909 bits per heavy atom. The van der Waals surface area contributed by atoms with Crippen molar-refractivity contribution in [1.29, 1.82) is 0 Å². The standard InChI is InChI=1S/C27H27N3O3/c1-3-19-12-14-21(15-13-19)30-17-20(16-25(30)31)26(32)29-24-11-7-5-9-22(24)27(33)28-23-10-6-4-8-18(23)2/h4-15,20H,3,16-17H2,1-2H3,(H,28,33)(H,29,32). The number of nitrogens with one attached hydrogen (secondary N) is 2. The summed E-state index contributed by atoms with van der Waals surface area (Å²) in [5.41, 5.74) is 4.45. The van der Waals surface area contributed by atoms with Crippen LogP contribution in [-0.4, -0.2) is 24.3 Å². The van der Waals surface area contributed by atoms with Crippen molar-refractivity contribution in [2.75, 3.05) is 22.1 Å². The molecule has 6 nitrogen and oxygen atoms in total. The summed E-state index contributed by atoms with van der Waals surface area (Å²) in [5.74, 6) is -1.15. The van der Waals surface area contributed by atoms with E-state index >= 15 is 0 Å². The maximum absolute atomic E-state index is 13.0. The molecule has 0 aromatic heterocycles. The molecule has 0 spiro atoms. The monoisotopic (exact) mass is 441 g/mol. The summed E-state index contributed by atoms with van der Waals surface area (Å²) >= 11 is 0. The molecule has 1 heterocycles. The molecule has 33 heavy (non-hydrogen) atoms. The van der Waals surface area contributed by atoms with Gasteiger partial charge in [-0.2, -0.15) is 0 Å². The summed E-state index contributed by atoms with van der Waals surface area (Å²) < 4.78 is 0. The fraction of sp³-hybridized carbons (Fsp3) is 0.222. The SMILES string of the molecule is CCc1ccc(N2CC(C(=O)Nc3ccccc3C(=O)Nc3ccccc3C)CC2=O)cc1. The number of carbonyl (C=O) groups is 3. The number of carbonyl (C=O) groups excluding carboxylic acids is 3. The minimum atomic E-state index is -0.490. The van der Waals surface area contributed by atoms with Gasteiger partial charge in [-0.15, -0.1) is 0 Å². The smallest absolute Gasteiger partial charge is 0.257 e. The van der Waals surface area contributed by atoms with Gasteiger partial charge in [-0.25, -0.2) is 0 Å². The van der Waals surface area contributed by atoms with Crippen LogP contribution in [0.1, 0.15) is 34.8 Å². The average Bonchev–Trinajstić information content (AvgIpc) is 3.22. The Hall–Kier alpha value is -3.93. The van der Waals surface area contributed by atoms with Gasteiger partial charge in [0.25, 0.3) is 5.91 Å². The predicted octanol–water partition coefficient (Wildman–Crippen LogP) is 4.80. The van der Waals surface area contributed by atoms with Crippen LogP contribution >= 0.6 is 0 Å². The van der Waals surface area contributed by atoms with Crippen LogP contribution in [0.2, 0.25) is 0 Å². The fourth-order valence-corrected chi connectivity index (χ4v) is 3.97.